The maximum absolute atomic E-state index is 12.9. The van der Waals surface area contributed by atoms with Crippen molar-refractivity contribution in [3.63, 3.8) is 0 Å². The minimum absolute atomic E-state index is 0.0152. The molecule has 0 unspecified atom stereocenters. The number of piperazine rings is 1. The lowest BCUT2D eigenvalue weighted by Crippen LogP contribution is -2.49. The van der Waals surface area contributed by atoms with Gasteiger partial charge in [0.15, 0.2) is 0 Å². The molecule has 0 saturated carbocycles. The monoisotopic (exact) mass is 432 g/mol. The van der Waals surface area contributed by atoms with Crippen LogP contribution in [0.3, 0.4) is 0 Å². The molecular formula is C25H28N4O3. The predicted octanol–water partition coefficient (Wildman–Crippen LogP) is 2.10. The zero-order valence-corrected chi connectivity index (χ0v) is 18.4. The van der Waals surface area contributed by atoms with Crippen LogP contribution in [0.15, 0.2) is 42.5 Å². The average molecular weight is 433 g/mol. The summed E-state index contributed by atoms with van der Waals surface area (Å²) < 4.78 is 0. The molecule has 7 nitrogen and oxygen atoms in total. The van der Waals surface area contributed by atoms with Crippen LogP contribution in [0.4, 0.5) is 0 Å². The molecule has 1 amide bonds. The number of H-pyrrole nitrogens is 1. The molecule has 0 radical (unpaired) electrons. The molecule has 2 heterocycles. The Kier molecular flexibility index (Phi) is 6.28. The minimum atomic E-state index is -1.03. The standard InChI is InChI=1S/C25H28N4O3/c1-25(2,32)10-9-18-3-5-19(6-4-18)23-26-21-8-7-20(17-22(21)27-23)24(31)29-13-11-28(12-14-29)15-16-30/h3-8,17,30,32H,11-16H2,1-2H3,(H,26,27). The largest absolute Gasteiger partial charge is 0.395 e. The molecule has 3 N–H and O–H groups in total. The molecule has 7 heteroatoms. The van der Waals surface area contributed by atoms with E-state index in [9.17, 15) is 9.90 Å². The highest BCUT2D eigenvalue weighted by Crippen LogP contribution is 2.22. The zero-order chi connectivity index (χ0) is 22.7. The van der Waals surface area contributed by atoms with Crippen LogP contribution < -0.4 is 0 Å². The van der Waals surface area contributed by atoms with Crippen molar-refractivity contribution in [3.8, 4) is 23.2 Å². The molecule has 2 aromatic carbocycles. The van der Waals surface area contributed by atoms with E-state index in [4.69, 9.17) is 5.11 Å². The average Bonchev–Trinajstić information content (AvgIpc) is 3.21. The van der Waals surface area contributed by atoms with Crippen molar-refractivity contribution in [1.29, 1.82) is 0 Å². The fraction of sp³-hybridized carbons (Fsp3) is 0.360. The first-order valence-electron chi connectivity index (χ1n) is 10.8. The topological polar surface area (TPSA) is 92.7 Å². The van der Waals surface area contributed by atoms with E-state index >= 15 is 0 Å². The van der Waals surface area contributed by atoms with Crippen LogP contribution >= 0.6 is 0 Å². The first-order chi connectivity index (χ1) is 15.3. The van der Waals surface area contributed by atoms with E-state index < -0.39 is 5.60 Å². The minimum Gasteiger partial charge on any atom is -0.395 e. The van der Waals surface area contributed by atoms with Crippen molar-refractivity contribution < 1.29 is 15.0 Å². The van der Waals surface area contributed by atoms with Crippen molar-refractivity contribution >= 4 is 16.9 Å². The van der Waals surface area contributed by atoms with Gasteiger partial charge < -0.3 is 20.1 Å². The summed E-state index contributed by atoms with van der Waals surface area (Å²) >= 11 is 0. The highest BCUT2D eigenvalue weighted by molar-refractivity contribution is 5.97. The predicted molar refractivity (Wildman–Crippen MR) is 124 cm³/mol. The molecule has 1 saturated heterocycles. The number of aliphatic hydroxyl groups excluding tert-OH is 1. The first kappa shape index (κ1) is 22.0. The fourth-order valence-corrected chi connectivity index (χ4v) is 3.71. The number of rotatable bonds is 4. The summed E-state index contributed by atoms with van der Waals surface area (Å²) in [5, 5.41) is 18.8. The summed E-state index contributed by atoms with van der Waals surface area (Å²) in [7, 11) is 0. The lowest BCUT2D eigenvalue weighted by molar-refractivity contribution is 0.0615. The van der Waals surface area contributed by atoms with Crippen molar-refractivity contribution in [2.24, 2.45) is 0 Å². The third-order valence-corrected chi connectivity index (χ3v) is 5.48. The van der Waals surface area contributed by atoms with Gasteiger partial charge in [0.05, 0.1) is 17.6 Å². The van der Waals surface area contributed by atoms with Gasteiger partial charge >= 0.3 is 0 Å². The Balaban J connectivity index is 1.49. The Hall–Kier alpha value is -3.18. The number of nitrogens with one attached hydrogen (secondary N) is 1. The van der Waals surface area contributed by atoms with Crippen molar-refractivity contribution in [1.82, 2.24) is 19.8 Å². The van der Waals surface area contributed by atoms with E-state index in [0.717, 1.165) is 41.1 Å². The number of benzene rings is 2. The Morgan fingerprint density at radius 3 is 2.50 bits per heavy atom. The molecule has 1 fully saturated rings. The maximum Gasteiger partial charge on any atom is 0.254 e. The van der Waals surface area contributed by atoms with Gasteiger partial charge in [0.25, 0.3) is 5.91 Å². The molecule has 0 spiro atoms. The summed E-state index contributed by atoms with van der Waals surface area (Å²) in [6.07, 6.45) is 0. The van der Waals surface area contributed by atoms with Gasteiger partial charge in [0.2, 0.25) is 0 Å². The molecule has 32 heavy (non-hydrogen) atoms. The van der Waals surface area contributed by atoms with Gasteiger partial charge in [-0.05, 0) is 44.2 Å². The summed E-state index contributed by atoms with van der Waals surface area (Å²) in [4.78, 5) is 24.9. The van der Waals surface area contributed by atoms with Crippen LogP contribution in [0.2, 0.25) is 0 Å². The number of hydrogen-bond acceptors (Lipinski definition) is 5. The molecule has 1 aliphatic rings. The molecule has 166 valence electrons. The van der Waals surface area contributed by atoms with E-state index in [0.29, 0.717) is 25.2 Å². The van der Waals surface area contributed by atoms with Gasteiger partial charge in [-0.3, -0.25) is 9.69 Å². The van der Waals surface area contributed by atoms with Crippen molar-refractivity contribution in [3.05, 3.63) is 53.6 Å². The fourth-order valence-electron chi connectivity index (χ4n) is 3.71. The smallest absolute Gasteiger partial charge is 0.254 e. The number of carbonyl (C=O) groups excluding carboxylic acids is 1. The number of nitrogens with zero attached hydrogens (tertiary/aromatic N) is 3. The molecule has 1 aromatic heterocycles. The number of amides is 1. The second kappa shape index (κ2) is 9.13. The number of carbonyl (C=O) groups is 1. The van der Waals surface area contributed by atoms with E-state index in [2.05, 4.69) is 26.7 Å². The SMILES string of the molecule is CC(C)(O)C#Cc1ccc(-c2nc3ccc(C(=O)N4CCN(CCO)CC4)cc3[nH]2)cc1. The van der Waals surface area contributed by atoms with Crippen LogP contribution in [0.5, 0.6) is 0 Å². The number of β-amino-alcohol motifs (C(OH)–C–C–N with tert-alkyl or cyclic N) is 1. The number of aromatic nitrogens is 2. The molecule has 0 aliphatic carbocycles. The Labute approximate surface area is 187 Å². The highest BCUT2D eigenvalue weighted by atomic mass is 16.3. The Morgan fingerprint density at radius 1 is 1.12 bits per heavy atom. The third-order valence-electron chi connectivity index (χ3n) is 5.48. The normalized spacial score (nSPS) is 14.9. The van der Waals surface area contributed by atoms with Crippen molar-refractivity contribution in [2.45, 2.75) is 19.4 Å². The number of aromatic amines is 1. The molecule has 0 atom stereocenters. The van der Waals surface area contributed by atoms with Gasteiger partial charge in [-0.15, -0.1) is 0 Å². The lowest BCUT2D eigenvalue weighted by atomic mass is 10.1. The van der Waals surface area contributed by atoms with Gasteiger partial charge in [-0.2, -0.15) is 0 Å². The second-order valence-corrected chi connectivity index (χ2v) is 8.56. The Bertz CT molecular complexity index is 1160. The molecule has 1 aliphatic heterocycles. The van der Waals surface area contributed by atoms with Crippen LogP contribution in [0.1, 0.15) is 29.8 Å². The molecular weight excluding hydrogens is 404 g/mol. The first-order valence-corrected chi connectivity index (χ1v) is 10.8. The van der Waals surface area contributed by atoms with Crippen LogP contribution in [0, 0.1) is 11.8 Å². The number of hydrogen-bond donors (Lipinski definition) is 3. The molecule has 4 rings (SSSR count). The van der Waals surface area contributed by atoms with E-state index in [1.165, 1.54) is 0 Å². The molecule has 3 aromatic rings. The van der Waals surface area contributed by atoms with E-state index in [1.54, 1.807) is 13.8 Å². The number of fused-ring (bicyclic) bond motifs is 1. The third kappa shape index (κ3) is 5.17. The number of aliphatic hydroxyl groups is 2. The quantitative estimate of drug-likeness (QED) is 0.549. The van der Waals surface area contributed by atoms with Crippen molar-refractivity contribution in [2.75, 3.05) is 39.3 Å². The summed E-state index contributed by atoms with van der Waals surface area (Å²) in [5.41, 5.74) is 2.97. The second-order valence-electron chi connectivity index (χ2n) is 8.56. The van der Waals surface area contributed by atoms with Crippen LogP contribution in [-0.2, 0) is 0 Å². The number of imidazole rings is 1. The van der Waals surface area contributed by atoms with E-state index in [-0.39, 0.29) is 12.5 Å². The van der Waals surface area contributed by atoms with Gasteiger partial charge in [0, 0.05) is 49.4 Å². The summed E-state index contributed by atoms with van der Waals surface area (Å²) in [5.74, 6) is 6.51. The van der Waals surface area contributed by atoms with E-state index in [1.807, 2.05) is 47.4 Å². The van der Waals surface area contributed by atoms with Gasteiger partial charge in [0.1, 0.15) is 11.4 Å². The Morgan fingerprint density at radius 2 is 1.84 bits per heavy atom. The summed E-state index contributed by atoms with van der Waals surface area (Å²) in [6, 6.07) is 13.2. The highest BCUT2D eigenvalue weighted by Gasteiger charge is 2.22. The van der Waals surface area contributed by atoms with Gasteiger partial charge in [-0.25, -0.2) is 4.98 Å². The zero-order valence-electron chi connectivity index (χ0n) is 18.4. The summed E-state index contributed by atoms with van der Waals surface area (Å²) in [6.45, 7) is 6.97. The maximum atomic E-state index is 12.9. The van der Waals surface area contributed by atoms with Crippen LogP contribution in [-0.4, -0.2) is 80.8 Å². The van der Waals surface area contributed by atoms with Crippen LogP contribution in [0.25, 0.3) is 22.4 Å². The van der Waals surface area contributed by atoms with Gasteiger partial charge in [-0.1, -0.05) is 24.0 Å². The lowest BCUT2D eigenvalue weighted by Gasteiger charge is -2.34. The molecule has 0 bridgehead atoms.